The molecule has 106 valence electrons. The maximum absolute atomic E-state index is 12.2. The molecule has 20 heavy (non-hydrogen) atoms. The third-order valence-corrected chi connectivity index (χ3v) is 2.82. The molecule has 2 heterocycles. The van der Waals surface area contributed by atoms with Crippen molar-refractivity contribution in [1.82, 2.24) is 14.8 Å². The molecule has 2 rings (SSSR count). The number of pyridine rings is 1. The molecule has 0 atom stereocenters. The summed E-state index contributed by atoms with van der Waals surface area (Å²) in [6.07, 6.45) is 4.16. The molecule has 0 fully saturated rings. The Morgan fingerprint density at radius 3 is 2.75 bits per heavy atom. The molecule has 0 aromatic carbocycles. The van der Waals surface area contributed by atoms with Gasteiger partial charge in [0.2, 0.25) is 0 Å². The maximum atomic E-state index is 12.2. The summed E-state index contributed by atoms with van der Waals surface area (Å²) in [5, 5.41) is 9.98. The summed E-state index contributed by atoms with van der Waals surface area (Å²) in [7, 11) is 1.81. The molecule has 6 nitrogen and oxygen atoms in total. The van der Waals surface area contributed by atoms with Gasteiger partial charge in [-0.15, -0.1) is 0 Å². The van der Waals surface area contributed by atoms with E-state index in [-0.39, 0.29) is 5.91 Å². The standard InChI is InChI=1S/C14H19N5O/c1-4-11-6-10(7-13(17-11)15-5-2)14(20)18-12-8-16-19(3)9-12/h6-9H,4-5H2,1-3H3,(H,15,17)(H,18,20). The van der Waals surface area contributed by atoms with Crippen molar-refractivity contribution in [3.63, 3.8) is 0 Å². The predicted molar refractivity (Wildman–Crippen MR) is 78.9 cm³/mol. The molecule has 0 aliphatic carbocycles. The third kappa shape index (κ3) is 3.34. The van der Waals surface area contributed by atoms with Gasteiger partial charge in [0, 0.05) is 31.0 Å². The molecule has 0 spiro atoms. The second-order valence-electron chi connectivity index (χ2n) is 4.47. The van der Waals surface area contributed by atoms with Crippen LogP contribution in [0, 0.1) is 0 Å². The fourth-order valence-electron chi connectivity index (χ4n) is 1.86. The number of aryl methyl sites for hydroxylation is 2. The van der Waals surface area contributed by atoms with Crippen LogP contribution in [0.1, 0.15) is 29.9 Å². The van der Waals surface area contributed by atoms with Gasteiger partial charge in [0.1, 0.15) is 5.82 Å². The summed E-state index contributed by atoms with van der Waals surface area (Å²) < 4.78 is 1.64. The molecule has 0 saturated carbocycles. The van der Waals surface area contributed by atoms with Crippen LogP contribution >= 0.6 is 0 Å². The fourth-order valence-corrected chi connectivity index (χ4v) is 1.86. The Morgan fingerprint density at radius 1 is 1.35 bits per heavy atom. The first-order valence-electron chi connectivity index (χ1n) is 6.67. The Hall–Kier alpha value is -2.37. The molecule has 0 unspecified atom stereocenters. The van der Waals surface area contributed by atoms with Crippen molar-refractivity contribution in [2.45, 2.75) is 20.3 Å². The van der Waals surface area contributed by atoms with Crippen molar-refractivity contribution in [2.75, 3.05) is 17.2 Å². The number of hydrogen-bond acceptors (Lipinski definition) is 4. The SMILES string of the molecule is CCNc1cc(C(=O)Nc2cnn(C)c2)cc(CC)n1. The van der Waals surface area contributed by atoms with Crippen molar-refractivity contribution >= 4 is 17.4 Å². The van der Waals surface area contributed by atoms with Crippen molar-refractivity contribution in [3.8, 4) is 0 Å². The van der Waals surface area contributed by atoms with Crippen molar-refractivity contribution < 1.29 is 4.79 Å². The highest BCUT2D eigenvalue weighted by atomic mass is 16.1. The van der Waals surface area contributed by atoms with Crippen molar-refractivity contribution in [3.05, 3.63) is 35.8 Å². The normalized spacial score (nSPS) is 10.3. The third-order valence-electron chi connectivity index (χ3n) is 2.82. The molecule has 0 saturated heterocycles. The molecular weight excluding hydrogens is 254 g/mol. The van der Waals surface area contributed by atoms with E-state index in [1.54, 1.807) is 30.2 Å². The minimum absolute atomic E-state index is 0.158. The lowest BCUT2D eigenvalue weighted by atomic mass is 10.2. The summed E-state index contributed by atoms with van der Waals surface area (Å²) >= 11 is 0. The molecule has 1 amide bonds. The zero-order chi connectivity index (χ0) is 14.5. The Balaban J connectivity index is 2.21. The zero-order valence-corrected chi connectivity index (χ0v) is 12.0. The molecule has 2 N–H and O–H groups in total. The van der Waals surface area contributed by atoms with Crippen LogP contribution in [0.4, 0.5) is 11.5 Å². The van der Waals surface area contributed by atoms with Gasteiger partial charge in [0.25, 0.3) is 5.91 Å². The molecule has 0 aliphatic rings. The van der Waals surface area contributed by atoms with Crippen LogP contribution in [0.2, 0.25) is 0 Å². The lowest BCUT2D eigenvalue weighted by Crippen LogP contribution is -2.13. The number of amides is 1. The van der Waals surface area contributed by atoms with Gasteiger partial charge in [-0.1, -0.05) is 6.92 Å². The van der Waals surface area contributed by atoms with Crippen molar-refractivity contribution in [2.24, 2.45) is 7.05 Å². The Kier molecular flexibility index (Phi) is 4.34. The number of anilines is 2. The first-order chi connectivity index (χ1) is 9.62. The quantitative estimate of drug-likeness (QED) is 0.874. The predicted octanol–water partition coefficient (Wildman–Crippen LogP) is 2.06. The average Bonchev–Trinajstić information content (AvgIpc) is 2.84. The molecule has 2 aromatic rings. The number of carbonyl (C=O) groups is 1. The van der Waals surface area contributed by atoms with Crippen LogP contribution in [0.5, 0.6) is 0 Å². The van der Waals surface area contributed by atoms with E-state index in [1.807, 2.05) is 19.9 Å². The zero-order valence-electron chi connectivity index (χ0n) is 12.0. The van der Waals surface area contributed by atoms with Crippen LogP contribution in [0.25, 0.3) is 0 Å². The van der Waals surface area contributed by atoms with E-state index in [0.717, 1.165) is 24.5 Å². The second kappa shape index (κ2) is 6.18. The van der Waals surface area contributed by atoms with E-state index in [9.17, 15) is 4.79 Å². The van der Waals surface area contributed by atoms with Gasteiger partial charge in [-0.2, -0.15) is 5.10 Å². The maximum Gasteiger partial charge on any atom is 0.255 e. The minimum Gasteiger partial charge on any atom is -0.370 e. The van der Waals surface area contributed by atoms with Gasteiger partial charge in [0.05, 0.1) is 11.9 Å². The van der Waals surface area contributed by atoms with Gasteiger partial charge in [0.15, 0.2) is 0 Å². The monoisotopic (exact) mass is 273 g/mol. The van der Waals surface area contributed by atoms with E-state index in [1.165, 1.54) is 0 Å². The highest BCUT2D eigenvalue weighted by molar-refractivity contribution is 6.04. The molecule has 0 bridgehead atoms. The lowest BCUT2D eigenvalue weighted by Gasteiger charge is -2.08. The number of nitrogens with zero attached hydrogens (tertiary/aromatic N) is 3. The van der Waals surface area contributed by atoms with Crippen molar-refractivity contribution in [1.29, 1.82) is 0 Å². The van der Waals surface area contributed by atoms with Crippen LogP contribution in [0.15, 0.2) is 24.5 Å². The van der Waals surface area contributed by atoms with Gasteiger partial charge in [-0.25, -0.2) is 4.98 Å². The Bertz CT molecular complexity index is 605. The smallest absolute Gasteiger partial charge is 0.255 e. The summed E-state index contributed by atoms with van der Waals surface area (Å²) in [4.78, 5) is 16.7. The summed E-state index contributed by atoms with van der Waals surface area (Å²) in [5.41, 5.74) is 2.16. The topological polar surface area (TPSA) is 71.8 Å². The molecule has 0 radical (unpaired) electrons. The van der Waals surface area contributed by atoms with Gasteiger partial charge >= 0.3 is 0 Å². The van der Waals surface area contributed by atoms with E-state index >= 15 is 0 Å². The van der Waals surface area contributed by atoms with Crippen LogP contribution in [-0.2, 0) is 13.5 Å². The summed E-state index contributed by atoms with van der Waals surface area (Å²) in [5.74, 6) is 0.567. The van der Waals surface area contributed by atoms with Crippen LogP contribution < -0.4 is 10.6 Å². The average molecular weight is 273 g/mol. The Morgan fingerprint density at radius 2 is 2.15 bits per heavy atom. The van der Waals surface area contributed by atoms with Crippen LogP contribution in [0.3, 0.4) is 0 Å². The summed E-state index contributed by atoms with van der Waals surface area (Å²) in [6.45, 7) is 4.78. The first-order valence-corrected chi connectivity index (χ1v) is 6.67. The van der Waals surface area contributed by atoms with E-state index in [2.05, 4.69) is 20.7 Å². The lowest BCUT2D eigenvalue weighted by molar-refractivity contribution is 0.102. The van der Waals surface area contributed by atoms with Gasteiger partial charge in [-0.05, 0) is 25.5 Å². The number of rotatable bonds is 5. The number of aromatic nitrogens is 3. The first kappa shape index (κ1) is 14.0. The van der Waals surface area contributed by atoms with Crippen LogP contribution in [-0.4, -0.2) is 27.2 Å². The van der Waals surface area contributed by atoms with E-state index < -0.39 is 0 Å². The fraction of sp³-hybridized carbons (Fsp3) is 0.357. The second-order valence-corrected chi connectivity index (χ2v) is 4.47. The largest absolute Gasteiger partial charge is 0.370 e. The molecular formula is C14H19N5O. The minimum atomic E-state index is -0.158. The highest BCUT2D eigenvalue weighted by Crippen LogP contribution is 2.13. The molecule has 0 aliphatic heterocycles. The Labute approximate surface area is 118 Å². The number of nitrogens with one attached hydrogen (secondary N) is 2. The number of carbonyl (C=O) groups excluding carboxylic acids is 1. The summed E-state index contributed by atoms with van der Waals surface area (Å²) in [6, 6.07) is 3.57. The highest BCUT2D eigenvalue weighted by Gasteiger charge is 2.10. The number of hydrogen-bond donors (Lipinski definition) is 2. The van der Waals surface area contributed by atoms with Gasteiger partial charge < -0.3 is 10.6 Å². The molecule has 6 heteroatoms. The van der Waals surface area contributed by atoms with E-state index in [0.29, 0.717) is 11.3 Å². The van der Waals surface area contributed by atoms with E-state index in [4.69, 9.17) is 0 Å². The van der Waals surface area contributed by atoms with Gasteiger partial charge in [-0.3, -0.25) is 9.48 Å². The molecule has 2 aromatic heterocycles.